The van der Waals surface area contributed by atoms with Crippen molar-refractivity contribution in [1.82, 2.24) is 10.2 Å². The van der Waals surface area contributed by atoms with Gasteiger partial charge in [-0.25, -0.2) is 9.18 Å². The van der Waals surface area contributed by atoms with Crippen LogP contribution in [0.2, 0.25) is 0 Å². The third-order valence-corrected chi connectivity index (χ3v) is 4.78. The molecular formula is C18H25FN2O3. The van der Waals surface area contributed by atoms with Gasteiger partial charge in [0.15, 0.2) is 11.6 Å². The fourth-order valence-corrected chi connectivity index (χ4v) is 3.30. The Hall–Kier alpha value is -1.82. The van der Waals surface area contributed by atoms with Crippen molar-refractivity contribution >= 4 is 6.09 Å². The molecule has 1 N–H and O–H groups in total. The number of amides is 1. The van der Waals surface area contributed by atoms with E-state index in [4.69, 9.17) is 9.47 Å². The van der Waals surface area contributed by atoms with Crippen LogP contribution in [0.15, 0.2) is 18.2 Å². The summed E-state index contributed by atoms with van der Waals surface area (Å²) in [5.74, 6) is 0.389. The number of likely N-dealkylation sites (tertiary alicyclic amines) is 1. The number of hydrogen-bond acceptors (Lipinski definition) is 4. The maximum Gasteiger partial charge on any atom is 0.406 e. The molecule has 1 aliphatic carbocycles. The number of nitrogens with one attached hydrogen (secondary N) is 1. The van der Waals surface area contributed by atoms with Gasteiger partial charge in [0.25, 0.3) is 0 Å². The van der Waals surface area contributed by atoms with Gasteiger partial charge in [-0.2, -0.15) is 0 Å². The van der Waals surface area contributed by atoms with Crippen molar-refractivity contribution in [3.8, 4) is 5.75 Å². The maximum atomic E-state index is 14.6. The lowest BCUT2D eigenvalue weighted by molar-refractivity contribution is 0.0220. The third kappa shape index (κ3) is 4.17. The van der Waals surface area contributed by atoms with E-state index in [9.17, 15) is 9.18 Å². The lowest BCUT2D eigenvalue weighted by Crippen LogP contribution is -2.37. The second-order valence-corrected chi connectivity index (χ2v) is 6.64. The van der Waals surface area contributed by atoms with E-state index < -0.39 is 6.09 Å². The van der Waals surface area contributed by atoms with Gasteiger partial charge in [0.05, 0.1) is 12.7 Å². The standard InChI is InChI=1S/C18H25FN2O3/c1-20-18(22)23-12-13-9-15(10-13)24-16-6-4-5-14(17(16)19)11-21-7-2-3-8-21/h4-6,13,15H,2-3,7-12H2,1H3,(H,20,22). The smallest absolute Gasteiger partial charge is 0.406 e. The lowest BCUT2D eigenvalue weighted by atomic mass is 9.83. The van der Waals surface area contributed by atoms with Crippen molar-refractivity contribution < 1.29 is 18.7 Å². The zero-order valence-corrected chi connectivity index (χ0v) is 14.1. The molecule has 1 aromatic rings. The first-order chi connectivity index (χ1) is 11.7. The predicted molar refractivity (Wildman–Crippen MR) is 88.5 cm³/mol. The van der Waals surface area contributed by atoms with Crippen LogP contribution in [0, 0.1) is 11.7 Å². The van der Waals surface area contributed by atoms with Gasteiger partial charge in [-0.1, -0.05) is 12.1 Å². The van der Waals surface area contributed by atoms with E-state index in [0.29, 0.717) is 30.4 Å². The summed E-state index contributed by atoms with van der Waals surface area (Å²) in [6.45, 7) is 3.12. The molecule has 6 heteroatoms. The molecule has 1 amide bonds. The Bertz CT molecular complexity index is 569. The molecular weight excluding hydrogens is 311 g/mol. The predicted octanol–water partition coefficient (Wildman–Crippen LogP) is 2.93. The molecule has 0 unspecified atom stereocenters. The Morgan fingerprint density at radius 3 is 2.79 bits per heavy atom. The number of hydrogen-bond donors (Lipinski definition) is 1. The SMILES string of the molecule is CNC(=O)OCC1CC(Oc2cccc(CN3CCCC3)c2F)C1. The van der Waals surface area contributed by atoms with Crippen molar-refractivity contribution in [3.05, 3.63) is 29.6 Å². The van der Waals surface area contributed by atoms with Gasteiger partial charge in [-0.05, 0) is 44.8 Å². The summed E-state index contributed by atoms with van der Waals surface area (Å²) in [4.78, 5) is 13.3. The van der Waals surface area contributed by atoms with E-state index in [0.717, 1.165) is 25.9 Å². The Kier molecular flexibility index (Phi) is 5.56. The summed E-state index contributed by atoms with van der Waals surface area (Å²) in [6, 6.07) is 5.38. The molecule has 0 aromatic heterocycles. The minimum Gasteiger partial charge on any atom is -0.487 e. The molecule has 2 aliphatic rings. The minimum absolute atomic E-state index is 0.000163. The number of carbonyl (C=O) groups excluding carboxylic acids is 1. The van der Waals surface area contributed by atoms with Crippen molar-refractivity contribution in [3.63, 3.8) is 0 Å². The summed E-state index contributed by atoms with van der Waals surface area (Å²) in [5, 5.41) is 2.42. The van der Waals surface area contributed by atoms with Gasteiger partial charge in [0.1, 0.15) is 0 Å². The molecule has 1 heterocycles. The van der Waals surface area contributed by atoms with Crippen LogP contribution in [0.3, 0.4) is 0 Å². The quantitative estimate of drug-likeness (QED) is 0.868. The number of nitrogens with zero attached hydrogens (tertiary/aromatic N) is 1. The molecule has 0 radical (unpaired) electrons. The van der Waals surface area contributed by atoms with Gasteiger partial charge in [-0.15, -0.1) is 0 Å². The summed E-state index contributed by atoms with van der Waals surface area (Å²) in [7, 11) is 1.53. The molecule has 0 spiro atoms. The molecule has 5 nitrogen and oxygen atoms in total. The molecule has 0 atom stereocenters. The van der Waals surface area contributed by atoms with Crippen LogP contribution in [0.5, 0.6) is 5.75 Å². The molecule has 3 rings (SSSR count). The number of alkyl carbamates (subject to hydrolysis) is 1. The van der Waals surface area contributed by atoms with Gasteiger partial charge < -0.3 is 14.8 Å². The van der Waals surface area contributed by atoms with E-state index in [1.807, 2.05) is 12.1 Å². The van der Waals surface area contributed by atoms with Crippen LogP contribution >= 0.6 is 0 Å². The first-order valence-corrected chi connectivity index (χ1v) is 8.66. The molecule has 0 bridgehead atoms. The average molecular weight is 336 g/mol. The number of rotatable bonds is 6. The largest absolute Gasteiger partial charge is 0.487 e. The van der Waals surface area contributed by atoms with Gasteiger partial charge in [0.2, 0.25) is 0 Å². The highest BCUT2D eigenvalue weighted by Gasteiger charge is 2.32. The molecule has 1 aliphatic heterocycles. The fourth-order valence-electron chi connectivity index (χ4n) is 3.30. The maximum absolute atomic E-state index is 14.6. The molecule has 2 fully saturated rings. The Labute approximate surface area is 142 Å². The second kappa shape index (κ2) is 7.83. The number of halogens is 1. The van der Waals surface area contributed by atoms with Crippen molar-refractivity contribution in [1.29, 1.82) is 0 Å². The van der Waals surface area contributed by atoms with Crippen LogP contribution in [0.25, 0.3) is 0 Å². The summed E-state index contributed by atoms with van der Waals surface area (Å²) < 4.78 is 25.4. The molecule has 24 heavy (non-hydrogen) atoms. The highest BCUT2D eigenvalue weighted by molar-refractivity contribution is 5.66. The fraction of sp³-hybridized carbons (Fsp3) is 0.611. The van der Waals surface area contributed by atoms with Crippen LogP contribution in [-0.4, -0.2) is 43.8 Å². The zero-order valence-electron chi connectivity index (χ0n) is 14.1. The van der Waals surface area contributed by atoms with Crippen molar-refractivity contribution in [2.75, 3.05) is 26.7 Å². The first kappa shape index (κ1) is 17.0. The third-order valence-electron chi connectivity index (χ3n) is 4.78. The highest BCUT2D eigenvalue weighted by Crippen LogP contribution is 2.33. The summed E-state index contributed by atoms with van der Waals surface area (Å²) in [5.41, 5.74) is 0.702. The van der Waals surface area contributed by atoms with Gasteiger partial charge >= 0.3 is 6.09 Å². The van der Waals surface area contributed by atoms with E-state index in [-0.39, 0.29) is 11.9 Å². The van der Waals surface area contributed by atoms with Gasteiger partial charge in [-0.3, -0.25) is 4.90 Å². The highest BCUT2D eigenvalue weighted by atomic mass is 19.1. The summed E-state index contributed by atoms with van der Waals surface area (Å²) >= 11 is 0. The molecule has 132 valence electrons. The Balaban J connectivity index is 1.48. The molecule has 1 aromatic carbocycles. The second-order valence-electron chi connectivity index (χ2n) is 6.64. The van der Waals surface area contributed by atoms with Crippen LogP contribution < -0.4 is 10.1 Å². The lowest BCUT2D eigenvalue weighted by Gasteiger charge is -2.35. The topological polar surface area (TPSA) is 50.8 Å². The van der Waals surface area contributed by atoms with Crippen molar-refractivity contribution in [2.45, 2.75) is 38.3 Å². The van der Waals surface area contributed by atoms with E-state index in [2.05, 4.69) is 10.2 Å². The Morgan fingerprint density at radius 2 is 2.08 bits per heavy atom. The normalized spacial score (nSPS) is 23.6. The van der Waals surface area contributed by atoms with Crippen molar-refractivity contribution in [2.24, 2.45) is 5.92 Å². The van der Waals surface area contributed by atoms with Crippen LogP contribution in [-0.2, 0) is 11.3 Å². The van der Waals surface area contributed by atoms with Crippen LogP contribution in [0.1, 0.15) is 31.2 Å². The number of benzene rings is 1. The first-order valence-electron chi connectivity index (χ1n) is 8.66. The average Bonchev–Trinajstić information content (AvgIpc) is 3.05. The summed E-state index contributed by atoms with van der Waals surface area (Å²) in [6.07, 6.45) is 3.54. The number of ether oxygens (including phenoxy) is 2. The Morgan fingerprint density at radius 1 is 1.33 bits per heavy atom. The zero-order chi connectivity index (χ0) is 16.9. The minimum atomic E-state index is -0.417. The monoisotopic (exact) mass is 336 g/mol. The van der Waals surface area contributed by atoms with Gasteiger partial charge in [0, 0.05) is 25.1 Å². The number of carbonyl (C=O) groups is 1. The van der Waals surface area contributed by atoms with Crippen LogP contribution in [0.4, 0.5) is 9.18 Å². The molecule has 1 saturated carbocycles. The van der Waals surface area contributed by atoms with E-state index in [1.54, 1.807) is 6.07 Å². The van der Waals surface area contributed by atoms with E-state index >= 15 is 0 Å². The van der Waals surface area contributed by atoms with E-state index in [1.165, 1.54) is 19.9 Å². The molecule has 1 saturated heterocycles.